The SMILES string of the molecule is O=C(CCc1cccc2ccccc12)N1CCC(N2C(=O)COC2=O)C1. The second-order valence-electron chi connectivity index (χ2n) is 6.74. The van der Waals surface area contributed by atoms with E-state index in [1.807, 2.05) is 18.2 Å². The topological polar surface area (TPSA) is 66.9 Å². The number of hydrogen-bond acceptors (Lipinski definition) is 4. The van der Waals surface area contributed by atoms with E-state index in [1.165, 1.54) is 10.8 Å². The van der Waals surface area contributed by atoms with Gasteiger partial charge >= 0.3 is 6.09 Å². The highest BCUT2D eigenvalue weighted by Gasteiger charge is 2.41. The first-order valence-corrected chi connectivity index (χ1v) is 8.87. The number of ether oxygens (including phenoxy) is 1. The minimum absolute atomic E-state index is 0.0560. The molecule has 0 saturated carbocycles. The summed E-state index contributed by atoms with van der Waals surface area (Å²) in [5.74, 6) is -0.259. The van der Waals surface area contributed by atoms with Crippen LogP contribution in [0.25, 0.3) is 10.8 Å². The predicted octanol–water partition coefficient (Wildman–Crippen LogP) is 2.35. The molecule has 0 N–H and O–H groups in total. The number of carbonyl (C=O) groups excluding carboxylic acids is 3. The molecule has 2 aliphatic heterocycles. The van der Waals surface area contributed by atoms with Gasteiger partial charge in [-0.1, -0.05) is 42.5 Å². The van der Waals surface area contributed by atoms with Crippen LogP contribution in [-0.2, 0) is 20.7 Å². The molecule has 0 aromatic heterocycles. The molecule has 1 unspecified atom stereocenters. The predicted molar refractivity (Wildman–Crippen MR) is 95.4 cm³/mol. The molecule has 134 valence electrons. The van der Waals surface area contributed by atoms with Crippen LogP contribution in [0.4, 0.5) is 4.79 Å². The number of hydrogen-bond donors (Lipinski definition) is 0. The Morgan fingerprint density at radius 2 is 1.92 bits per heavy atom. The standard InChI is InChI=1S/C20H20N2O4/c23-18(9-8-15-6-3-5-14-4-1-2-7-17(14)15)21-11-10-16(12-21)22-19(24)13-26-20(22)25/h1-7,16H,8-13H2. The molecule has 2 saturated heterocycles. The van der Waals surface area contributed by atoms with Crippen molar-refractivity contribution in [2.75, 3.05) is 19.7 Å². The van der Waals surface area contributed by atoms with Crippen molar-refractivity contribution in [3.05, 3.63) is 48.0 Å². The summed E-state index contributed by atoms with van der Waals surface area (Å²) < 4.78 is 4.77. The van der Waals surface area contributed by atoms with E-state index < -0.39 is 6.09 Å². The number of amides is 3. The summed E-state index contributed by atoms with van der Waals surface area (Å²) in [5, 5.41) is 2.34. The first-order chi connectivity index (χ1) is 12.6. The number of fused-ring (bicyclic) bond motifs is 1. The molecule has 0 radical (unpaired) electrons. The zero-order chi connectivity index (χ0) is 18.1. The van der Waals surface area contributed by atoms with Crippen LogP contribution in [0.15, 0.2) is 42.5 Å². The third-order valence-corrected chi connectivity index (χ3v) is 5.15. The van der Waals surface area contributed by atoms with Gasteiger partial charge in [0.2, 0.25) is 5.91 Å². The fourth-order valence-electron chi connectivity index (χ4n) is 3.81. The molecule has 0 spiro atoms. The van der Waals surface area contributed by atoms with Crippen LogP contribution in [0.3, 0.4) is 0 Å². The number of aryl methyl sites for hydroxylation is 1. The lowest BCUT2D eigenvalue weighted by Crippen LogP contribution is -2.42. The monoisotopic (exact) mass is 352 g/mol. The highest BCUT2D eigenvalue weighted by atomic mass is 16.6. The van der Waals surface area contributed by atoms with Gasteiger partial charge in [-0.15, -0.1) is 0 Å². The molecule has 2 fully saturated rings. The average Bonchev–Trinajstić information content (AvgIpc) is 3.26. The smallest absolute Gasteiger partial charge is 0.417 e. The van der Waals surface area contributed by atoms with E-state index in [1.54, 1.807) is 4.90 Å². The summed E-state index contributed by atoms with van der Waals surface area (Å²) in [5.41, 5.74) is 1.16. The molecule has 2 aliphatic rings. The van der Waals surface area contributed by atoms with Crippen LogP contribution in [-0.4, -0.2) is 53.4 Å². The summed E-state index contributed by atoms with van der Waals surface area (Å²) >= 11 is 0. The lowest BCUT2D eigenvalue weighted by atomic mass is 10.0. The molecule has 2 aromatic carbocycles. The van der Waals surface area contributed by atoms with E-state index in [9.17, 15) is 14.4 Å². The number of likely N-dealkylation sites (tertiary alicyclic amines) is 1. The first kappa shape index (κ1) is 16.6. The van der Waals surface area contributed by atoms with Crippen molar-refractivity contribution in [1.29, 1.82) is 0 Å². The molecule has 2 aromatic rings. The van der Waals surface area contributed by atoms with Crippen LogP contribution in [0.1, 0.15) is 18.4 Å². The van der Waals surface area contributed by atoms with Gasteiger partial charge in [-0.3, -0.25) is 9.59 Å². The Morgan fingerprint density at radius 1 is 1.12 bits per heavy atom. The summed E-state index contributed by atoms with van der Waals surface area (Å²) in [6.07, 6.45) is 1.11. The quantitative estimate of drug-likeness (QED) is 0.847. The van der Waals surface area contributed by atoms with Gasteiger partial charge in [-0.25, -0.2) is 9.69 Å². The number of imide groups is 1. The van der Waals surface area contributed by atoms with Crippen LogP contribution in [0, 0.1) is 0 Å². The summed E-state index contributed by atoms with van der Waals surface area (Å²) in [6.45, 7) is 0.773. The lowest BCUT2D eigenvalue weighted by Gasteiger charge is -2.20. The van der Waals surface area contributed by atoms with Gasteiger partial charge in [0.05, 0.1) is 6.04 Å². The number of rotatable bonds is 4. The van der Waals surface area contributed by atoms with Crippen LogP contribution < -0.4 is 0 Å². The molecule has 4 rings (SSSR count). The van der Waals surface area contributed by atoms with Crippen molar-refractivity contribution in [3.63, 3.8) is 0 Å². The molecule has 2 heterocycles. The highest BCUT2D eigenvalue weighted by molar-refractivity contribution is 5.98. The Balaban J connectivity index is 1.38. The first-order valence-electron chi connectivity index (χ1n) is 8.87. The summed E-state index contributed by atoms with van der Waals surface area (Å²) in [7, 11) is 0. The Hall–Kier alpha value is -2.89. The van der Waals surface area contributed by atoms with Gasteiger partial charge < -0.3 is 9.64 Å². The number of carbonyl (C=O) groups is 3. The van der Waals surface area contributed by atoms with Crippen molar-refractivity contribution in [2.24, 2.45) is 0 Å². The van der Waals surface area contributed by atoms with Gasteiger partial charge in [0.15, 0.2) is 6.61 Å². The van der Waals surface area contributed by atoms with Crippen molar-refractivity contribution >= 4 is 28.7 Å². The van der Waals surface area contributed by atoms with Crippen molar-refractivity contribution in [1.82, 2.24) is 9.80 Å². The van der Waals surface area contributed by atoms with Gasteiger partial charge in [-0.2, -0.15) is 0 Å². The number of cyclic esters (lactones) is 1. The average molecular weight is 352 g/mol. The van der Waals surface area contributed by atoms with Crippen molar-refractivity contribution in [3.8, 4) is 0 Å². The molecule has 6 heteroatoms. The second-order valence-corrected chi connectivity index (χ2v) is 6.74. The summed E-state index contributed by atoms with van der Waals surface area (Å²) in [6, 6.07) is 14.0. The van der Waals surface area contributed by atoms with E-state index in [4.69, 9.17) is 4.74 Å². The highest BCUT2D eigenvalue weighted by Crippen LogP contribution is 2.23. The van der Waals surface area contributed by atoms with E-state index in [-0.39, 0.29) is 24.5 Å². The molecule has 26 heavy (non-hydrogen) atoms. The molecule has 0 aliphatic carbocycles. The van der Waals surface area contributed by atoms with E-state index >= 15 is 0 Å². The fourth-order valence-corrected chi connectivity index (χ4v) is 3.81. The van der Waals surface area contributed by atoms with Crippen LogP contribution in [0.5, 0.6) is 0 Å². The van der Waals surface area contributed by atoms with Gasteiger partial charge in [-0.05, 0) is 29.2 Å². The maximum atomic E-state index is 12.6. The molecule has 0 bridgehead atoms. The lowest BCUT2D eigenvalue weighted by molar-refractivity contribution is -0.131. The van der Waals surface area contributed by atoms with Crippen LogP contribution >= 0.6 is 0 Å². The number of benzene rings is 2. The van der Waals surface area contributed by atoms with Crippen molar-refractivity contribution < 1.29 is 19.1 Å². The normalized spacial score (nSPS) is 20.1. The zero-order valence-electron chi connectivity index (χ0n) is 14.4. The van der Waals surface area contributed by atoms with E-state index in [2.05, 4.69) is 24.3 Å². The summed E-state index contributed by atoms with van der Waals surface area (Å²) in [4.78, 5) is 38.9. The number of nitrogens with zero attached hydrogens (tertiary/aromatic N) is 2. The third kappa shape index (κ3) is 3.03. The minimum Gasteiger partial charge on any atom is -0.439 e. The molecule has 6 nitrogen and oxygen atoms in total. The molecule has 1 atom stereocenters. The zero-order valence-corrected chi connectivity index (χ0v) is 14.4. The Bertz CT molecular complexity index is 858. The van der Waals surface area contributed by atoms with E-state index in [0.29, 0.717) is 32.4 Å². The van der Waals surface area contributed by atoms with Gasteiger partial charge in [0.25, 0.3) is 5.91 Å². The third-order valence-electron chi connectivity index (χ3n) is 5.15. The van der Waals surface area contributed by atoms with Gasteiger partial charge in [0.1, 0.15) is 0 Å². The van der Waals surface area contributed by atoms with E-state index in [0.717, 1.165) is 10.5 Å². The Morgan fingerprint density at radius 3 is 2.73 bits per heavy atom. The fraction of sp³-hybridized carbons (Fsp3) is 0.350. The maximum Gasteiger partial charge on any atom is 0.417 e. The Labute approximate surface area is 151 Å². The Kier molecular flexibility index (Phi) is 4.32. The van der Waals surface area contributed by atoms with Crippen molar-refractivity contribution in [2.45, 2.75) is 25.3 Å². The largest absolute Gasteiger partial charge is 0.439 e. The van der Waals surface area contributed by atoms with Crippen LogP contribution in [0.2, 0.25) is 0 Å². The molecular formula is C20H20N2O4. The second kappa shape index (κ2) is 6.78. The maximum absolute atomic E-state index is 12.6. The minimum atomic E-state index is -0.593. The molecule has 3 amide bonds. The molecular weight excluding hydrogens is 332 g/mol. The van der Waals surface area contributed by atoms with Gasteiger partial charge in [0, 0.05) is 19.5 Å².